The summed E-state index contributed by atoms with van der Waals surface area (Å²) in [5.41, 5.74) is -1.59. The van der Waals surface area contributed by atoms with Crippen molar-refractivity contribution in [2.24, 2.45) is 17.3 Å². The molecule has 0 unspecified atom stereocenters. The fraction of sp³-hybridized carbons (Fsp3) is 0.857. The van der Waals surface area contributed by atoms with E-state index in [4.69, 9.17) is 9.47 Å². The second-order valence-electron chi connectivity index (χ2n) is 6.21. The Morgan fingerprint density at radius 3 is 2.39 bits per heavy atom. The molecule has 104 valence electrons. The van der Waals surface area contributed by atoms with Crippen molar-refractivity contribution in [2.45, 2.75) is 53.6 Å². The normalized spacial score (nSPS) is 30.4. The SMILES string of the molecule is CCOC(=O)[C@@H]1C(C)(C)C(=O)O[C@]1(C)CC(C)C. The van der Waals surface area contributed by atoms with Crippen LogP contribution in [-0.2, 0) is 19.1 Å². The first-order valence-electron chi connectivity index (χ1n) is 6.55. The van der Waals surface area contributed by atoms with Crippen LogP contribution in [-0.4, -0.2) is 24.1 Å². The van der Waals surface area contributed by atoms with Gasteiger partial charge in [-0.05, 0) is 40.0 Å². The number of carbonyl (C=O) groups excluding carboxylic acids is 2. The fourth-order valence-electron chi connectivity index (χ4n) is 3.02. The molecule has 1 aliphatic rings. The molecule has 0 N–H and O–H groups in total. The van der Waals surface area contributed by atoms with E-state index in [1.165, 1.54) is 0 Å². The number of esters is 2. The molecule has 0 saturated carbocycles. The molecule has 2 atom stereocenters. The summed E-state index contributed by atoms with van der Waals surface area (Å²) in [5.74, 6) is -0.853. The average Bonchev–Trinajstić information content (AvgIpc) is 2.31. The van der Waals surface area contributed by atoms with Gasteiger partial charge in [0.2, 0.25) is 0 Å². The molecule has 1 heterocycles. The van der Waals surface area contributed by atoms with E-state index in [0.29, 0.717) is 18.9 Å². The maximum Gasteiger partial charge on any atom is 0.314 e. The largest absolute Gasteiger partial charge is 0.466 e. The highest BCUT2D eigenvalue weighted by molar-refractivity contribution is 5.89. The smallest absolute Gasteiger partial charge is 0.314 e. The summed E-state index contributed by atoms with van der Waals surface area (Å²) < 4.78 is 10.6. The van der Waals surface area contributed by atoms with Crippen molar-refractivity contribution in [1.82, 2.24) is 0 Å². The molecule has 18 heavy (non-hydrogen) atoms. The average molecular weight is 256 g/mol. The van der Waals surface area contributed by atoms with E-state index in [9.17, 15) is 9.59 Å². The van der Waals surface area contributed by atoms with E-state index >= 15 is 0 Å². The van der Waals surface area contributed by atoms with Crippen molar-refractivity contribution in [1.29, 1.82) is 0 Å². The lowest BCUT2D eigenvalue weighted by Gasteiger charge is -2.32. The zero-order valence-corrected chi connectivity index (χ0v) is 12.2. The van der Waals surface area contributed by atoms with Crippen molar-refractivity contribution < 1.29 is 19.1 Å². The molecule has 1 rings (SSSR count). The van der Waals surface area contributed by atoms with Gasteiger partial charge in [-0.25, -0.2) is 0 Å². The van der Waals surface area contributed by atoms with E-state index in [1.54, 1.807) is 20.8 Å². The molecule has 1 saturated heterocycles. The first-order valence-corrected chi connectivity index (χ1v) is 6.55. The van der Waals surface area contributed by atoms with Crippen LogP contribution < -0.4 is 0 Å². The quantitative estimate of drug-likeness (QED) is 0.725. The van der Waals surface area contributed by atoms with Gasteiger partial charge in [-0.2, -0.15) is 0 Å². The lowest BCUT2D eigenvalue weighted by Crippen LogP contribution is -2.44. The number of hydrogen-bond donors (Lipinski definition) is 0. The monoisotopic (exact) mass is 256 g/mol. The summed E-state index contributed by atoms with van der Waals surface area (Å²) in [7, 11) is 0. The lowest BCUT2D eigenvalue weighted by atomic mass is 9.70. The van der Waals surface area contributed by atoms with Gasteiger partial charge in [-0.1, -0.05) is 13.8 Å². The predicted molar refractivity (Wildman–Crippen MR) is 67.9 cm³/mol. The van der Waals surface area contributed by atoms with Gasteiger partial charge in [0.05, 0.1) is 12.0 Å². The number of rotatable bonds is 4. The van der Waals surface area contributed by atoms with Crippen molar-refractivity contribution >= 4 is 11.9 Å². The van der Waals surface area contributed by atoms with Gasteiger partial charge in [0.1, 0.15) is 11.5 Å². The second kappa shape index (κ2) is 4.90. The van der Waals surface area contributed by atoms with Gasteiger partial charge in [0.25, 0.3) is 0 Å². The van der Waals surface area contributed by atoms with E-state index in [0.717, 1.165) is 0 Å². The number of cyclic esters (lactones) is 1. The van der Waals surface area contributed by atoms with E-state index in [2.05, 4.69) is 0 Å². The fourth-order valence-corrected chi connectivity index (χ4v) is 3.02. The third kappa shape index (κ3) is 2.52. The van der Waals surface area contributed by atoms with Crippen LogP contribution in [0.15, 0.2) is 0 Å². The molecule has 4 nitrogen and oxygen atoms in total. The van der Waals surface area contributed by atoms with Crippen LogP contribution >= 0.6 is 0 Å². The molecule has 4 heteroatoms. The molecular weight excluding hydrogens is 232 g/mol. The summed E-state index contributed by atoms with van der Waals surface area (Å²) >= 11 is 0. The van der Waals surface area contributed by atoms with E-state index < -0.39 is 16.9 Å². The van der Waals surface area contributed by atoms with Crippen LogP contribution in [0.2, 0.25) is 0 Å². The molecular formula is C14H24O4. The molecule has 0 aromatic rings. The van der Waals surface area contributed by atoms with Crippen LogP contribution in [0.4, 0.5) is 0 Å². The van der Waals surface area contributed by atoms with Crippen LogP contribution in [0.25, 0.3) is 0 Å². The third-order valence-electron chi connectivity index (χ3n) is 3.52. The predicted octanol–water partition coefficient (Wildman–Crippen LogP) is 2.55. The Kier molecular flexibility index (Phi) is 4.08. The molecule has 0 bridgehead atoms. The summed E-state index contributed by atoms with van der Waals surface area (Å²) in [4.78, 5) is 24.1. The standard InChI is InChI=1S/C14H24O4/c1-7-17-11(15)10-13(4,5)12(16)18-14(10,6)8-9(2)3/h9-10H,7-8H2,1-6H3/t10-,14-/m1/s1. The van der Waals surface area contributed by atoms with Crippen molar-refractivity contribution in [3.8, 4) is 0 Å². The maximum absolute atomic E-state index is 12.1. The minimum atomic E-state index is -0.824. The summed E-state index contributed by atoms with van der Waals surface area (Å²) in [5, 5.41) is 0. The Hall–Kier alpha value is -1.06. The van der Waals surface area contributed by atoms with Gasteiger partial charge >= 0.3 is 11.9 Å². The number of carbonyl (C=O) groups is 2. The van der Waals surface area contributed by atoms with Crippen LogP contribution in [0, 0.1) is 17.3 Å². The highest BCUT2D eigenvalue weighted by atomic mass is 16.6. The Morgan fingerprint density at radius 2 is 1.94 bits per heavy atom. The Labute approximate surface area is 109 Å². The zero-order valence-electron chi connectivity index (χ0n) is 12.2. The Balaban J connectivity index is 3.10. The lowest BCUT2D eigenvalue weighted by molar-refractivity contribution is -0.158. The zero-order chi connectivity index (χ0) is 14.1. The summed E-state index contributed by atoms with van der Waals surface area (Å²) in [6, 6.07) is 0. The van der Waals surface area contributed by atoms with Gasteiger partial charge < -0.3 is 9.47 Å². The van der Waals surface area contributed by atoms with Gasteiger partial charge in [0, 0.05) is 0 Å². The Bertz CT molecular complexity index is 346. The molecule has 0 radical (unpaired) electrons. The van der Waals surface area contributed by atoms with Crippen molar-refractivity contribution in [2.75, 3.05) is 6.61 Å². The summed E-state index contributed by atoms with van der Waals surface area (Å²) in [6.45, 7) is 11.5. The van der Waals surface area contributed by atoms with Gasteiger partial charge in [0.15, 0.2) is 0 Å². The summed E-state index contributed by atoms with van der Waals surface area (Å²) in [6.07, 6.45) is 0.658. The van der Waals surface area contributed by atoms with E-state index in [-0.39, 0.29) is 11.9 Å². The molecule has 0 spiro atoms. The molecule has 0 amide bonds. The Morgan fingerprint density at radius 1 is 1.39 bits per heavy atom. The molecule has 1 aliphatic heterocycles. The van der Waals surface area contributed by atoms with Crippen molar-refractivity contribution in [3.63, 3.8) is 0 Å². The van der Waals surface area contributed by atoms with Gasteiger partial charge in [-0.3, -0.25) is 9.59 Å². The third-order valence-corrected chi connectivity index (χ3v) is 3.52. The van der Waals surface area contributed by atoms with Gasteiger partial charge in [-0.15, -0.1) is 0 Å². The number of ether oxygens (including phenoxy) is 2. The maximum atomic E-state index is 12.1. The first-order chi connectivity index (χ1) is 8.15. The highest BCUT2D eigenvalue weighted by Gasteiger charge is 2.61. The minimum Gasteiger partial charge on any atom is -0.466 e. The molecule has 0 aromatic carbocycles. The van der Waals surface area contributed by atoms with Crippen LogP contribution in [0.3, 0.4) is 0 Å². The topological polar surface area (TPSA) is 52.6 Å². The van der Waals surface area contributed by atoms with Crippen molar-refractivity contribution in [3.05, 3.63) is 0 Å². The highest BCUT2D eigenvalue weighted by Crippen LogP contribution is 2.49. The van der Waals surface area contributed by atoms with Crippen LogP contribution in [0.5, 0.6) is 0 Å². The van der Waals surface area contributed by atoms with E-state index in [1.807, 2.05) is 20.8 Å². The first kappa shape index (κ1) is 15.0. The minimum absolute atomic E-state index is 0.316. The molecule has 0 aliphatic carbocycles. The van der Waals surface area contributed by atoms with Crippen LogP contribution in [0.1, 0.15) is 48.0 Å². The molecule has 0 aromatic heterocycles. The number of hydrogen-bond acceptors (Lipinski definition) is 4. The molecule has 1 fully saturated rings. The second-order valence-corrected chi connectivity index (χ2v) is 6.21.